The molecule has 0 aliphatic carbocycles. The molecule has 1 atom stereocenters. The van der Waals surface area contributed by atoms with Crippen molar-refractivity contribution in [1.82, 2.24) is 15.6 Å². The molecule has 1 aromatic heterocycles. The molecule has 5 nitrogen and oxygen atoms in total. The molecule has 0 spiro atoms. The van der Waals surface area contributed by atoms with Gasteiger partial charge in [0, 0.05) is 18.9 Å². The standard InChI is InChI=1S/C13H19N3O2S/c1-3-10-5-4-6-14-11(10)7-15-13(18)12(8-19)16-9(2)17/h4-6,12,19H,3,7-8H2,1-2H3,(H,15,18)(H,16,17). The van der Waals surface area contributed by atoms with E-state index in [0.29, 0.717) is 6.54 Å². The van der Waals surface area contributed by atoms with Crippen molar-refractivity contribution in [2.45, 2.75) is 32.9 Å². The average Bonchev–Trinajstić information content (AvgIpc) is 2.42. The summed E-state index contributed by atoms with van der Waals surface area (Å²) in [6.07, 6.45) is 2.56. The minimum Gasteiger partial charge on any atom is -0.349 e. The molecule has 2 N–H and O–H groups in total. The fourth-order valence-electron chi connectivity index (χ4n) is 1.69. The number of aryl methyl sites for hydroxylation is 1. The van der Waals surface area contributed by atoms with Gasteiger partial charge in [0.05, 0.1) is 12.2 Å². The summed E-state index contributed by atoms with van der Waals surface area (Å²) in [4.78, 5) is 27.1. The molecule has 1 unspecified atom stereocenters. The fraction of sp³-hybridized carbons (Fsp3) is 0.462. The van der Waals surface area contributed by atoms with E-state index in [1.54, 1.807) is 6.20 Å². The summed E-state index contributed by atoms with van der Waals surface area (Å²) in [7, 11) is 0. The summed E-state index contributed by atoms with van der Waals surface area (Å²) in [5, 5.41) is 5.31. The first-order valence-corrected chi connectivity index (χ1v) is 6.80. The van der Waals surface area contributed by atoms with Crippen molar-refractivity contribution in [2.75, 3.05) is 5.75 Å². The second-order valence-electron chi connectivity index (χ2n) is 4.12. The third-order valence-electron chi connectivity index (χ3n) is 2.67. The first-order chi connectivity index (χ1) is 9.08. The molecular formula is C13H19N3O2S. The van der Waals surface area contributed by atoms with Crippen LogP contribution in [0.4, 0.5) is 0 Å². The molecule has 0 aliphatic rings. The Labute approximate surface area is 118 Å². The molecular weight excluding hydrogens is 262 g/mol. The van der Waals surface area contributed by atoms with Gasteiger partial charge in [0.1, 0.15) is 6.04 Å². The molecule has 104 valence electrons. The van der Waals surface area contributed by atoms with Gasteiger partial charge in [-0.2, -0.15) is 12.6 Å². The molecule has 0 radical (unpaired) electrons. The number of pyridine rings is 1. The zero-order valence-electron chi connectivity index (χ0n) is 11.1. The summed E-state index contributed by atoms with van der Waals surface area (Å²) in [6.45, 7) is 3.76. The quantitative estimate of drug-likeness (QED) is 0.672. The highest BCUT2D eigenvalue weighted by atomic mass is 32.1. The van der Waals surface area contributed by atoms with E-state index in [1.807, 2.05) is 19.1 Å². The average molecular weight is 281 g/mol. The van der Waals surface area contributed by atoms with Gasteiger partial charge in [0.15, 0.2) is 0 Å². The Balaban J connectivity index is 2.60. The fourth-order valence-corrected chi connectivity index (χ4v) is 1.94. The lowest BCUT2D eigenvalue weighted by molar-refractivity contribution is -0.127. The van der Waals surface area contributed by atoms with Crippen molar-refractivity contribution in [3.8, 4) is 0 Å². The van der Waals surface area contributed by atoms with Gasteiger partial charge in [0.2, 0.25) is 11.8 Å². The maximum Gasteiger partial charge on any atom is 0.243 e. The molecule has 0 bridgehead atoms. The van der Waals surface area contributed by atoms with Crippen LogP contribution in [0.3, 0.4) is 0 Å². The minimum atomic E-state index is -0.616. The predicted molar refractivity (Wildman–Crippen MR) is 76.9 cm³/mol. The number of hydrogen-bond donors (Lipinski definition) is 3. The zero-order chi connectivity index (χ0) is 14.3. The van der Waals surface area contributed by atoms with Crippen molar-refractivity contribution in [3.05, 3.63) is 29.6 Å². The number of carbonyl (C=O) groups excluding carboxylic acids is 2. The Morgan fingerprint density at radius 2 is 2.21 bits per heavy atom. The second kappa shape index (κ2) is 7.78. The first-order valence-electron chi connectivity index (χ1n) is 6.16. The Kier molecular flexibility index (Phi) is 6.35. The van der Waals surface area contributed by atoms with E-state index < -0.39 is 6.04 Å². The molecule has 0 aliphatic heterocycles. The first kappa shape index (κ1) is 15.5. The largest absolute Gasteiger partial charge is 0.349 e. The van der Waals surface area contributed by atoms with Gasteiger partial charge in [0.25, 0.3) is 0 Å². The molecule has 2 amide bonds. The van der Waals surface area contributed by atoms with Gasteiger partial charge < -0.3 is 10.6 Å². The molecule has 0 aromatic carbocycles. The molecule has 1 heterocycles. The molecule has 1 rings (SSSR count). The smallest absolute Gasteiger partial charge is 0.243 e. The van der Waals surface area contributed by atoms with Gasteiger partial charge in [-0.3, -0.25) is 14.6 Å². The van der Waals surface area contributed by atoms with Crippen LogP contribution in [0.2, 0.25) is 0 Å². The summed E-state index contributed by atoms with van der Waals surface area (Å²) < 4.78 is 0. The van der Waals surface area contributed by atoms with E-state index >= 15 is 0 Å². The van der Waals surface area contributed by atoms with Crippen LogP contribution >= 0.6 is 12.6 Å². The van der Waals surface area contributed by atoms with Gasteiger partial charge in [-0.25, -0.2) is 0 Å². The Morgan fingerprint density at radius 1 is 1.47 bits per heavy atom. The van der Waals surface area contributed by atoms with Crippen LogP contribution in [-0.2, 0) is 22.6 Å². The highest BCUT2D eigenvalue weighted by Gasteiger charge is 2.17. The maximum absolute atomic E-state index is 11.9. The van der Waals surface area contributed by atoms with Gasteiger partial charge in [-0.15, -0.1) is 0 Å². The summed E-state index contributed by atoms with van der Waals surface area (Å²) in [5.74, 6) is -0.243. The molecule has 0 saturated heterocycles. The van der Waals surface area contributed by atoms with Gasteiger partial charge in [-0.1, -0.05) is 13.0 Å². The third-order valence-corrected chi connectivity index (χ3v) is 3.04. The number of nitrogens with one attached hydrogen (secondary N) is 2. The summed E-state index contributed by atoms with van der Waals surface area (Å²) in [6, 6.07) is 3.24. The summed E-state index contributed by atoms with van der Waals surface area (Å²) >= 11 is 4.06. The molecule has 0 fully saturated rings. The normalized spacial score (nSPS) is 11.7. The SMILES string of the molecule is CCc1cccnc1CNC(=O)C(CS)NC(C)=O. The lowest BCUT2D eigenvalue weighted by atomic mass is 10.1. The number of hydrogen-bond acceptors (Lipinski definition) is 4. The van der Waals surface area contributed by atoms with E-state index in [2.05, 4.69) is 28.2 Å². The third kappa shape index (κ3) is 4.90. The molecule has 6 heteroatoms. The van der Waals surface area contributed by atoms with Gasteiger partial charge >= 0.3 is 0 Å². The predicted octanol–water partition coefficient (Wildman–Crippen LogP) is 0.695. The van der Waals surface area contributed by atoms with E-state index in [4.69, 9.17) is 0 Å². The zero-order valence-corrected chi connectivity index (χ0v) is 12.0. The maximum atomic E-state index is 11.9. The van der Waals surface area contributed by atoms with Crippen LogP contribution in [0.25, 0.3) is 0 Å². The van der Waals surface area contributed by atoms with E-state index in [0.717, 1.165) is 17.7 Å². The van der Waals surface area contributed by atoms with Crippen LogP contribution < -0.4 is 10.6 Å². The summed E-state index contributed by atoms with van der Waals surface area (Å²) in [5.41, 5.74) is 1.95. The van der Waals surface area contributed by atoms with Crippen molar-refractivity contribution < 1.29 is 9.59 Å². The second-order valence-corrected chi connectivity index (χ2v) is 4.48. The number of aromatic nitrogens is 1. The molecule has 19 heavy (non-hydrogen) atoms. The van der Waals surface area contributed by atoms with Gasteiger partial charge in [-0.05, 0) is 18.1 Å². The number of rotatable bonds is 6. The lowest BCUT2D eigenvalue weighted by Gasteiger charge is -2.15. The van der Waals surface area contributed by atoms with Crippen molar-refractivity contribution in [3.63, 3.8) is 0 Å². The number of nitrogens with zero attached hydrogens (tertiary/aromatic N) is 1. The Morgan fingerprint density at radius 3 is 2.79 bits per heavy atom. The molecule has 1 aromatic rings. The minimum absolute atomic E-state index is 0.249. The van der Waals surface area contributed by atoms with E-state index in [-0.39, 0.29) is 17.6 Å². The number of amides is 2. The van der Waals surface area contributed by atoms with Crippen LogP contribution in [0.1, 0.15) is 25.1 Å². The Hall–Kier alpha value is -1.56. The van der Waals surface area contributed by atoms with Crippen LogP contribution in [0.15, 0.2) is 18.3 Å². The van der Waals surface area contributed by atoms with Crippen molar-refractivity contribution >= 4 is 24.4 Å². The highest BCUT2D eigenvalue weighted by molar-refractivity contribution is 7.80. The van der Waals surface area contributed by atoms with Crippen LogP contribution in [0.5, 0.6) is 0 Å². The number of carbonyl (C=O) groups is 2. The van der Waals surface area contributed by atoms with Crippen molar-refractivity contribution in [1.29, 1.82) is 0 Å². The van der Waals surface area contributed by atoms with Crippen LogP contribution in [-0.4, -0.2) is 28.6 Å². The van der Waals surface area contributed by atoms with Crippen molar-refractivity contribution in [2.24, 2.45) is 0 Å². The lowest BCUT2D eigenvalue weighted by Crippen LogP contribution is -2.47. The topological polar surface area (TPSA) is 71.1 Å². The number of thiol groups is 1. The Bertz CT molecular complexity index is 451. The highest BCUT2D eigenvalue weighted by Crippen LogP contribution is 2.05. The van der Waals surface area contributed by atoms with E-state index in [9.17, 15) is 9.59 Å². The van der Waals surface area contributed by atoms with E-state index in [1.165, 1.54) is 6.92 Å². The monoisotopic (exact) mass is 281 g/mol. The molecule has 0 saturated carbocycles. The van der Waals surface area contributed by atoms with Crippen LogP contribution in [0, 0.1) is 0 Å².